The number of rotatable bonds is 4. The molecule has 0 N–H and O–H groups in total. The number of hydrogen-bond donors (Lipinski definition) is 0. The fourth-order valence-corrected chi connectivity index (χ4v) is 4.00. The van der Waals surface area contributed by atoms with Gasteiger partial charge in [0.05, 0.1) is 23.3 Å². The first-order valence-electron chi connectivity index (χ1n) is 8.05. The van der Waals surface area contributed by atoms with Crippen molar-refractivity contribution in [2.45, 2.75) is 6.54 Å². The van der Waals surface area contributed by atoms with Crippen LogP contribution in [-0.2, 0) is 6.54 Å². The first kappa shape index (κ1) is 17.6. The zero-order chi connectivity index (χ0) is 19.0. The smallest absolute Gasteiger partial charge is 0.263 e. The van der Waals surface area contributed by atoms with Crippen molar-refractivity contribution in [3.05, 3.63) is 87.0 Å². The number of fused-ring (bicyclic) bond motifs is 1. The summed E-state index contributed by atoms with van der Waals surface area (Å²) < 4.78 is 14.5. The molecule has 0 fully saturated rings. The Morgan fingerprint density at radius 2 is 1.89 bits per heavy atom. The second kappa shape index (κ2) is 7.06. The molecular formula is C20H12ClFN2O2S. The van der Waals surface area contributed by atoms with E-state index >= 15 is 0 Å². The van der Waals surface area contributed by atoms with Crippen LogP contribution in [0.1, 0.15) is 10.4 Å². The van der Waals surface area contributed by atoms with E-state index in [1.807, 2.05) is 5.38 Å². The van der Waals surface area contributed by atoms with Gasteiger partial charge in [0.15, 0.2) is 5.78 Å². The van der Waals surface area contributed by atoms with Crippen LogP contribution >= 0.6 is 22.9 Å². The van der Waals surface area contributed by atoms with Gasteiger partial charge in [0, 0.05) is 16.5 Å². The van der Waals surface area contributed by atoms with Gasteiger partial charge in [-0.1, -0.05) is 35.9 Å². The van der Waals surface area contributed by atoms with Crippen molar-refractivity contribution < 1.29 is 9.18 Å². The SMILES string of the molecule is O=C(Cn1cnc2scc(-c3ccc(F)cc3)c2c1=O)c1ccccc1Cl. The quantitative estimate of drug-likeness (QED) is 0.464. The van der Waals surface area contributed by atoms with Crippen molar-refractivity contribution in [3.63, 3.8) is 0 Å². The second-order valence-corrected chi connectivity index (χ2v) is 7.18. The van der Waals surface area contributed by atoms with E-state index in [1.165, 1.54) is 34.4 Å². The molecule has 0 amide bonds. The van der Waals surface area contributed by atoms with Crippen molar-refractivity contribution in [1.82, 2.24) is 9.55 Å². The van der Waals surface area contributed by atoms with Crippen LogP contribution in [0.3, 0.4) is 0 Å². The molecule has 0 saturated heterocycles. The molecule has 7 heteroatoms. The van der Waals surface area contributed by atoms with Gasteiger partial charge >= 0.3 is 0 Å². The highest BCUT2D eigenvalue weighted by molar-refractivity contribution is 7.17. The Hall–Kier alpha value is -2.83. The van der Waals surface area contributed by atoms with Crippen molar-refractivity contribution in [2.75, 3.05) is 0 Å². The molecule has 2 aromatic heterocycles. The number of aromatic nitrogens is 2. The Bertz CT molecular complexity index is 1210. The van der Waals surface area contributed by atoms with Crippen LogP contribution < -0.4 is 5.56 Å². The van der Waals surface area contributed by atoms with E-state index in [9.17, 15) is 14.0 Å². The number of carbonyl (C=O) groups excluding carboxylic acids is 1. The zero-order valence-electron chi connectivity index (χ0n) is 13.9. The van der Waals surface area contributed by atoms with Gasteiger partial charge in [0.1, 0.15) is 10.6 Å². The summed E-state index contributed by atoms with van der Waals surface area (Å²) in [4.78, 5) is 30.4. The lowest BCUT2D eigenvalue weighted by Gasteiger charge is -2.07. The Kier molecular flexibility index (Phi) is 4.59. The molecule has 4 rings (SSSR count). The standard InChI is InChI=1S/C20H12ClFN2O2S/c21-16-4-2-1-3-14(16)17(25)9-24-11-23-19-18(20(24)26)15(10-27-19)12-5-7-13(22)8-6-12/h1-8,10-11H,9H2. The molecule has 0 spiro atoms. The van der Waals surface area contributed by atoms with Gasteiger partial charge in [-0.05, 0) is 29.8 Å². The van der Waals surface area contributed by atoms with Crippen LogP contribution in [0.2, 0.25) is 5.02 Å². The normalized spacial score (nSPS) is 11.0. The minimum absolute atomic E-state index is 0.162. The number of Topliss-reactive ketones (excluding diaryl/α,β-unsaturated/α-hetero) is 1. The van der Waals surface area contributed by atoms with E-state index < -0.39 is 0 Å². The maximum Gasteiger partial charge on any atom is 0.263 e. The van der Waals surface area contributed by atoms with E-state index in [0.717, 1.165) is 5.56 Å². The van der Waals surface area contributed by atoms with Crippen LogP contribution in [0.5, 0.6) is 0 Å². The second-order valence-electron chi connectivity index (χ2n) is 5.92. The number of benzene rings is 2. The van der Waals surface area contributed by atoms with Gasteiger partial charge in [-0.3, -0.25) is 14.2 Å². The predicted molar refractivity (Wildman–Crippen MR) is 105 cm³/mol. The van der Waals surface area contributed by atoms with Gasteiger partial charge in [0.2, 0.25) is 0 Å². The van der Waals surface area contributed by atoms with E-state index in [1.54, 1.807) is 36.4 Å². The lowest BCUT2D eigenvalue weighted by molar-refractivity contribution is 0.0971. The first-order valence-corrected chi connectivity index (χ1v) is 9.30. The molecule has 0 bridgehead atoms. The van der Waals surface area contributed by atoms with Crippen molar-refractivity contribution in [2.24, 2.45) is 0 Å². The molecule has 0 aliphatic carbocycles. The summed E-state index contributed by atoms with van der Waals surface area (Å²) >= 11 is 7.40. The predicted octanol–water partition coefficient (Wildman–Crippen LogP) is 4.80. The van der Waals surface area contributed by atoms with E-state index in [-0.39, 0.29) is 23.7 Å². The molecule has 0 unspecified atom stereocenters. The largest absolute Gasteiger partial charge is 0.292 e. The highest BCUT2D eigenvalue weighted by Gasteiger charge is 2.16. The summed E-state index contributed by atoms with van der Waals surface area (Å²) in [5.74, 6) is -0.624. The third-order valence-electron chi connectivity index (χ3n) is 4.20. The Balaban J connectivity index is 1.77. The number of carbonyl (C=O) groups is 1. The van der Waals surface area contributed by atoms with Crippen LogP contribution in [0.15, 0.2) is 65.0 Å². The van der Waals surface area contributed by atoms with Gasteiger partial charge in [-0.15, -0.1) is 11.3 Å². The highest BCUT2D eigenvalue weighted by atomic mass is 35.5. The maximum atomic E-state index is 13.2. The van der Waals surface area contributed by atoms with Crippen LogP contribution in [-0.4, -0.2) is 15.3 Å². The minimum atomic E-state index is -0.348. The van der Waals surface area contributed by atoms with E-state index in [4.69, 9.17) is 11.6 Å². The number of ketones is 1. The summed E-state index contributed by atoms with van der Waals surface area (Å²) in [7, 11) is 0. The maximum absolute atomic E-state index is 13.2. The Morgan fingerprint density at radius 1 is 1.15 bits per heavy atom. The van der Waals surface area contributed by atoms with Gasteiger partial charge in [-0.2, -0.15) is 0 Å². The lowest BCUT2D eigenvalue weighted by Crippen LogP contribution is -2.24. The molecule has 27 heavy (non-hydrogen) atoms. The number of thiophene rings is 1. The monoisotopic (exact) mass is 398 g/mol. The van der Waals surface area contributed by atoms with Crippen LogP contribution in [0.25, 0.3) is 21.3 Å². The number of hydrogen-bond acceptors (Lipinski definition) is 4. The molecule has 0 radical (unpaired) electrons. The molecular weight excluding hydrogens is 387 g/mol. The highest BCUT2D eigenvalue weighted by Crippen LogP contribution is 2.30. The molecule has 0 saturated carbocycles. The average Bonchev–Trinajstić information content (AvgIpc) is 3.10. The molecule has 134 valence electrons. The summed E-state index contributed by atoms with van der Waals surface area (Å²) in [6.45, 7) is -0.162. The van der Waals surface area contributed by atoms with Gasteiger partial charge < -0.3 is 0 Å². The Labute approximate surface area is 162 Å². The molecule has 4 aromatic rings. The van der Waals surface area contributed by atoms with Crippen molar-refractivity contribution in [1.29, 1.82) is 0 Å². The summed E-state index contributed by atoms with van der Waals surface area (Å²) in [6, 6.07) is 12.6. The minimum Gasteiger partial charge on any atom is -0.292 e. The van der Waals surface area contributed by atoms with Gasteiger partial charge in [-0.25, -0.2) is 9.37 Å². The number of halogens is 2. The summed E-state index contributed by atoms with van der Waals surface area (Å²) in [5, 5.41) is 2.57. The van der Waals surface area contributed by atoms with Crippen molar-refractivity contribution >= 4 is 38.9 Å². The third-order valence-corrected chi connectivity index (χ3v) is 5.42. The molecule has 0 atom stereocenters. The van der Waals surface area contributed by atoms with E-state index in [0.29, 0.717) is 26.4 Å². The summed E-state index contributed by atoms with van der Waals surface area (Å²) in [5.41, 5.74) is 1.43. The topological polar surface area (TPSA) is 52.0 Å². The molecule has 0 aliphatic rings. The fraction of sp³-hybridized carbons (Fsp3) is 0.0500. The summed E-state index contributed by atoms with van der Waals surface area (Å²) in [6.07, 6.45) is 1.37. The molecule has 2 aromatic carbocycles. The third kappa shape index (κ3) is 3.29. The molecule has 0 aliphatic heterocycles. The average molecular weight is 399 g/mol. The Morgan fingerprint density at radius 3 is 2.63 bits per heavy atom. The fourth-order valence-electron chi connectivity index (χ4n) is 2.85. The van der Waals surface area contributed by atoms with Crippen LogP contribution in [0, 0.1) is 5.82 Å². The number of nitrogens with zero attached hydrogens (tertiary/aromatic N) is 2. The van der Waals surface area contributed by atoms with Crippen molar-refractivity contribution in [3.8, 4) is 11.1 Å². The first-order chi connectivity index (χ1) is 13.0. The molecule has 4 nitrogen and oxygen atoms in total. The van der Waals surface area contributed by atoms with E-state index in [2.05, 4.69) is 4.98 Å². The zero-order valence-corrected chi connectivity index (χ0v) is 15.4. The molecule has 2 heterocycles. The lowest BCUT2D eigenvalue weighted by atomic mass is 10.1. The van der Waals surface area contributed by atoms with Crippen LogP contribution in [0.4, 0.5) is 4.39 Å². The van der Waals surface area contributed by atoms with Gasteiger partial charge in [0.25, 0.3) is 5.56 Å².